The summed E-state index contributed by atoms with van der Waals surface area (Å²) in [6.07, 6.45) is 6.08. The van der Waals surface area contributed by atoms with Crippen LogP contribution < -0.4 is 11.1 Å². The van der Waals surface area contributed by atoms with Crippen molar-refractivity contribution in [3.63, 3.8) is 0 Å². The van der Waals surface area contributed by atoms with Gasteiger partial charge in [0.05, 0.1) is 6.04 Å². The molecule has 128 valence electrons. The van der Waals surface area contributed by atoms with Gasteiger partial charge in [0.15, 0.2) is 0 Å². The maximum atomic E-state index is 12.0. The van der Waals surface area contributed by atoms with Crippen LogP contribution in [0.15, 0.2) is 48.7 Å². The zero-order valence-corrected chi connectivity index (χ0v) is 14.5. The highest BCUT2D eigenvalue weighted by Crippen LogP contribution is 2.12. The molecule has 3 N–H and O–H groups in total. The van der Waals surface area contributed by atoms with Gasteiger partial charge in [0.25, 0.3) is 0 Å². The van der Waals surface area contributed by atoms with Gasteiger partial charge in [-0.3, -0.25) is 9.78 Å². The fraction of sp³-hybridized carbons (Fsp3) is 0.368. The normalized spacial score (nSPS) is 11.9. The summed E-state index contributed by atoms with van der Waals surface area (Å²) in [4.78, 5) is 16.2. The first-order valence-corrected chi connectivity index (χ1v) is 8.70. The Hall–Kier alpha value is -1.91. The highest BCUT2D eigenvalue weighted by atomic mass is 35.5. The van der Waals surface area contributed by atoms with Gasteiger partial charge >= 0.3 is 0 Å². The molecule has 1 heterocycles. The lowest BCUT2D eigenvalue weighted by Gasteiger charge is -2.12. The fourth-order valence-electron chi connectivity index (χ4n) is 2.47. The Morgan fingerprint density at radius 2 is 1.92 bits per heavy atom. The summed E-state index contributed by atoms with van der Waals surface area (Å²) >= 11 is 5.87. The van der Waals surface area contributed by atoms with Crippen LogP contribution in [0.1, 0.15) is 30.5 Å². The van der Waals surface area contributed by atoms with Crippen LogP contribution in [0.4, 0.5) is 0 Å². The van der Waals surface area contributed by atoms with Crippen LogP contribution in [0.25, 0.3) is 0 Å². The van der Waals surface area contributed by atoms with Crippen molar-refractivity contribution in [1.29, 1.82) is 0 Å². The Balaban J connectivity index is 1.58. The summed E-state index contributed by atoms with van der Waals surface area (Å²) in [6, 6.07) is 13.2. The molecule has 0 radical (unpaired) electrons. The van der Waals surface area contributed by atoms with Gasteiger partial charge in [-0.2, -0.15) is 0 Å². The lowest BCUT2D eigenvalue weighted by Crippen LogP contribution is -2.41. The Morgan fingerprint density at radius 1 is 1.12 bits per heavy atom. The Kier molecular flexibility index (Phi) is 7.72. The summed E-state index contributed by atoms with van der Waals surface area (Å²) in [5.41, 5.74) is 8.18. The molecule has 2 rings (SSSR count). The maximum absolute atomic E-state index is 12.0. The van der Waals surface area contributed by atoms with E-state index < -0.39 is 6.04 Å². The highest BCUT2D eigenvalue weighted by molar-refractivity contribution is 6.30. The quantitative estimate of drug-likeness (QED) is 0.686. The standard InChI is InChI=1S/C19H24ClN3O/c20-16-10-8-15(9-11-16)5-1-2-7-18(21)19(24)23-14-12-17-6-3-4-13-22-17/h3-4,6,8-11,13,18H,1-2,5,7,12,14,21H2,(H,23,24). The first kappa shape index (κ1) is 18.4. The topological polar surface area (TPSA) is 68.0 Å². The average Bonchev–Trinajstić information content (AvgIpc) is 2.61. The van der Waals surface area contributed by atoms with Gasteiger partial charge in [0.1, 0.15) is 0 Å². The molecule has 0 aliphatic rings. The molecule has 4 nitrogen and oxygen atoms in total. The number of carbonyl (C=O) groups excluding carboxylic acids is 1. The number of hydrogen-bond donors (Lipinski definition) is 2. The third-order valence-corrected chi connectivity index (χ3v) is 4.14. The third kappa shape index (κ3) is 6.69. The number of aromatic nitrogens is 1. The summed E-state index contributed by atoms with van der Waals surface area (Å²) in [6.45, 7) is 0.564. The molecule has 1 amide bonds. The van der Waals surface area contributed by atoms with E-state index in [0.29, 0.717) is 13.0 Å². The zero-order valence-electron chi connectivity index (χ0n) is 13.7. The minimum Gasteiger partial charge on any atom is -0.354 e. The van der Waals surface area contributed by atoms with Crippen LogP contribution in [0.5, 0.6) is 0 Å². The monoisotopic (exact) mass is 345 g/mol. The van der Waals surface area contributed by atoms with E-state index >= 15 is 0 Å². The minimum absolute atomic E-state index is 0.0857. The van der Waals surface area contributed by atoms with E-state index in [1.54, 1.807) is 6.20 Å². The SMILES string of the molecule is NC(CCCCc1ccc(Cl)cc1)C(=O)NCCc1ccccn1. The second-order valence-corrected chi connectivity index (χ2v) is 6.28. The number of hydrogen-bond acceptors (Lipinski definition) is 3. The molecule has 1 aromatic carbocycles. The number of nitrogens with one attached hydrogen (secondary N) is 1. The number of nitrogens with two attached hydrogens (primary N) is 1. The van der Waals surface area contributed by atoms with Gasteiger partial charge in [-0.25, -0.2) is 0 Å². The zero-order chi connectivity index (χ0) is 17.2. The lowest BCUT2D eigenvalue weighted by molar-refractivity contribution is -0.122. The van der Waals surface area contributed by atoms with Gasteiger partial charge in [-0.15, -0.1) is 0 Å². The van der Waals surface area contributed by atoms with Crippen LogP contribution in [-0.2, 0) is 17.6 Å². The molecular weight excluding hydrogens is 322 g/mol. The Bertz CT molecular complexity index is 616. The first-order valence-electron chi connectivity index (χ1n) is 8.33. The molecular formula is C19H24ClN3O. The molecule has 0 aliphatic carbocycles. The molecule has 0 bridgehead atoms. The van der Waals surface area contributed by atoms with E-state index in [0.717, 1.165) is 36.4 Å². The van der Waals surface area contributed by atoms with Crippen LogP contribution in [0.3, 0.4) is 0 Å². The van der Waals surface area contributed by atoms with E-state index in [2.05, 4.69) is 10.3 Å². The Morgan fingerprint density at radius 3 is 2.62 bits per heavy atom. The molecule has 0 saturated heterocycles. The number of carbonyl (C=O) groups is 1. The van der Waals surface area contributed by atoms with Gasteiger partial charge < -0.3 is 11.1 Å². The second-order valence-electron chi connectivity index (χ2n) is 5.84. The smallest absolute Gasteiger partial charge is 0.236 e. The molecule has 0 aliphatic heterocycles. The van der Waals surface area contributed by atoms with E-state index in [4.69, 9.17) is 17.3 Å². The van der Waals surface area contributed by atoms with Crippen molar-refractivity contribution in [3.05, 3.63) is 64.9 Å². The maximum Gasteiger partial charge on any atom is 0.236 e. The van der Waals surface area contributed by atoms with Crippen LogP contribution in [0, 0.1) is 0 Å². The van der Waals surface area contributed by atoms with Crippen molar-refractivity contribution in [2.45, 2.75) is 38.1 Å². The third-order valence-electron chi connectivity index (χ3n) is 3.89. The number of nitrogens with zero attached hydrogens (tertiary/aromatic N) is 1. The average molecular weight is 346 g/mol. The predicted octanol–water partition coefficient (Wildman–Crippen LogP) is 3.13. The molecule has 0 saturated carbocycles. The van der Waals surface area contributed by atoms with E-state index in [-0.39, 0.29) is 5.91 Å². The highest BCUT2D eigenvalue weighted by Gasteiger charge is 2.12. The molecule has 1 aromatic heterocycles. The molecule has 0 fully saturated rings. The number of unbranched alkanes of at least 4 members (excludes halogenated alkanes) is 1. The molecule has 0 spiro atoms. The lowest BCUT2D eigenvalue weighted by atomic mass is 10.0. The molecule has 5 heteroatoms. The fourth-order valence-corrected chi connectivity index (χ4v) is 2.59. The van der Waals surface area contributed by atoms with Crippen LogP contribution >= 0.6 is 11.6 Å². The summed E-state index contributed by atoms with van der Waals surface area (Å²) < 4.78 is 0. The summed E-state index contributed by atoms with van der Waals surface area (Å²) in [5.74, 6) is -0.0857. The minimum atomic E-state index is -0.445. The van der Waals surface area contributed by atoms with E-state index in [1.807, 2.05) is 42.5 Å². The number of halogens is 1. The van der Waals surface area contributed by atoms with Gasteiger partial charge in [-0.1, -0.05) is 36.2 Å². The summed E-state index contributed by atoms with van der Waals surface area (Å²) in [5, 5.41) is 3.63. The van der Waals surface area contributed by atoms with Gasteiger partial charge in [0.2, 0.25) is 5.91 Å². The van der Waals surface area contributed by atoms with E-state index in [1.165, 1.54) is 5.56 Å². The van der Waals surface area contributed by atoms with Crippen LogP contribution in [0.2, 0.25) is 5.02 Å². The molecule has 1 atom stereocenters. The molecule has 1 unspecified atom stereocenters. The van der Waals surface area contributed by atoms with E-state index in [9.17, 15) is 4.79 Å². The number of pyridine rings is 1. The summed E-state index contributed by atoms with van der Waals surface area (Å²) in [7, 11) is 0. The van der Waals surface area contributed by atoms with Crippen molar-refractivity contribution in [3.8, 4) is 0 Å². The number of benzene rings is 1. The van der Waals surface area contributed by atoms with Crippen molar-refractivity contribution in [1.82, 2.24) is 10.3 Å². The van der Waals surface area contributed by atoms with Crippen LogP contribution in [-0.4, -0.2) is 23.5 Å². The largest absolute Gasteiger partial charge is 0.354 e. The first-order chi connectivity index (χ1) is 11.6. The molecule has 2 aromatic rings. The van der Waals surface area contributed by atoms with Crippen molar-refractivity contribution < 1.29 is 4.79 Å². The number of rotatable bonds is 9. The van der Waals surface area contributed by atoms with Crippen molar-refractivity contribution in [2.75, 3.05) is 6.54 Å². The number of amides is 1. The van der Waals surface area contributed by atoms with Gasteiger partial charge in [0, 0.05) is 29.9 Å². The van der Waals surface area contributed by atoms with Crippen molar-refractivity contribution in [2.24, 2.45) is 5.73 Å². The van der Waals surface area contributed by atoms with Gasteiger partial charge in [-0.05, 0) is 49.1 Å². The Labute approximate surface area is 148 Å². The second kappa shape index (κ2) is 10.1. The predicted molar refractivity (Wildman–Crippen MR) is 97.9 cm³/mol. The van der Waals surface area contributed by atoms with Crippen molar-refractivity contribution >= 4 is 17.5 Å². The number of aryl methyl sites for hydroxylation is 1. The molecule has 24 heavy (non-hydrogen) atoms.